The topological polar surface area (TPSA) is 70.5 Å². The van der Waals surface area contributed by atoms with Gasteiger partial charge >= 0.3 is 0 Å². The Morgan fingerprint density at radius 1 is 1.46 bits per heavy atom. The minimum atomic E-state index is -3.55. The van der Waals surface area contributed by atoms with E-state index in [0.29, 0.717) is 5.69 Å². The summed E-state index contributed by atoms with van der Waals surface area (Å²) in [6.45, 7) is 1.56. The van der Waals surface area contributed by atoms with E-state index in [9.17, 15) is 13.5 Å². The first-order chi connectivity index (χ1) is 5.87. The van der Waals surface area contributed by atoms with E-state index >= 15 is 0 Å². The lowest BCUT2D eigenvalue weighted by Crippen LogP contribution is -2.21. The molecule has 0 fully saturated rings. The highest BCUT2D eigenvalue weighted by molar-refractivity contribution is 7.91. The molecule has 74 valence electrons. The molecule has 0 aliphatic rings. The fourth-order valence-electron chi connectivity index (χ4n) is 0.679. The van der Waals surface area contributed by atoms with Crippen molar-refractivity contribution in [2.45, 2.75) is 11.1 Å². The van der Waals surface area contributed by atoms with Gasteiger partial charge < -0.3 is 5.11 Å². The monoisotopic (exact) mass is 222 g/mol. The second-order valence-corrected chi connectivity index (χ2v) is 5.81. The Hall–Kier alpha value is -0.660. The van der Waals surface area contributed by atoms with E-state index in [1.54, 1.807) is 6.92 Å². The fraction of sp³-hybridized carbons (Fsp3) is 0.500. The lowest BCUT2D eigenvalue weighted by molar-refractivity contribution is 0.453. The Balaban J connectivity index is 3.32. The number of aromatic nitrogens is 1. The fourth-order valence-corrected chi connectivity index (χ4v) is 2.88. The predicted molar refractivity (Wildman–Crippen MR) is 49.4 cm³/mol. The average Bonchev–Trinajstić information content (AvgIpc) is 2.33. The molecule has 0 radical (unpaired) electrons. The second-order valence-electron chi connectivity index (χ2n) is 2.69. The molecule has 1 rings (SSSR count). The van der Waals surface area contributed by atoms with Gasteiger partial charge in [0.2, 0.25) is 0 Å². The van der Waals surface area contributed by atoms with Crippen LogP contribution in [0.15, 0.2) is 4.21 Å². The second kappa shape index (κ2) is 3.24. The molecule has 5 nitrogen and oxygen atoms in total. The summed E-state index contributed by atoms with van der Waals surface area (Å²) in [6.07, 6.45) is 0. The van der Waals surface area contributed by atoms with Gasteiger partial charge in [-0.2, -0.15) is 4.37 Å². The summed E-state index contributed by atoms with van der Waals surface area (Å²) in [6, 6.07) is 0. The van der Waals surface area contributed by atoms with Gasteiger partial charge in [-0.05, 0) is 18.5 Å². The number of rotatable bonds is 2. The zero-order valence-corrected chi connectivity index (χ0v) is 9.11. The molecule has 1 aromatic heterocycles. The summed E-state index contributed by atoms with van der Waals surface area (Å²) < 4.78 is 27.7. The van der Waals surface area contributed by atoms with Crippen molar-refractivity contribution in [3.63, 3.8) is 0 Å². The maximum atomic E-state index is 11.5. The molecule has 13 heavy (non-hydrogen) atoms. The van der Waals surface area contributed by atoms with Gasteiger partial charge in [0.05, 0.1) is 5.69 Å². The van der Waals surface area contributed by atoms with Crippen LogP contribution in [0.5, 0.6) is 5.75 Å². The third-order valence-corrected chi connectivity index (χ3v) is 4.72. The number of sulfonamides is 1. The highest BCUT2D eigenvalue weighted by atomic mass is 32.2. The first kappa shape index (κ1) is 10.4. The molecule has 0 unspecified atom stereocenters. The van der Waals surface area contributed by atoms with Crippen LogP contribution in [0.1, 0.15) is 5.69 Å². The van der Waals surface area contributed by atoms with Crippen molar-refractivity contribution >= 4 is 21.6 Å². The average molecular weight is 222 g/mol. The molecule has 0 saturated carbocycles. The Kier molecular flexibility index (Phi) is 2.60. The summed E-state index contributed by atoms with van der Waals surface area (Å²) in [5.41, 5.74) is 0.338. The summed E-state index contributed by atoms with van der Waals surface area (Å²) in [5.74, 6) is -0.251. The predicted octanol–water partition coefficient (Wildman–Crippen LogP) is 0.407. The van der Waals surface area contributed by atoms with Crippen LogP contribution in [-0.4, -0.2) is 36.3 Å². The van der Waals surface area contributed by atoms with Gasteiger partial charge in [0.25, 0.3) is 10.0 Å². The Morgan fingerprint density at radius 2 is 2.00 bits per heavy atom. The summed E-state index contributed by atoms with van der Waals surface area (Å²) >= 11 is 0.782. The quantitative estimate of drug-likeness (QED) is 0.786. The summed E-state index contributed by atoms with van der Waals surface area (Å²) in [7, 11) is -0.734. The van der Waals surface area contributed by atoms with Crippen molar-refractivity contribution in [3.8, 4) is 5.75 Å². The number of hydrogen-bond acceptors (Lipinski definition) is 5. The lowest BCUT2D eigenvalue weighted by atomic mass is 10.5. The molecular weight excluding hydrogens is 212 g/mol. The maximum Gasteiger partial charge on any atom is 0.257 e. The van der Waals surface area contributed by atoms with Crippen LogP contribution in [0.2, 0.25) is 0 Å². The molecular formula is C6H10N2O3S2. The van der Waals surface area contributed by atoms with Crippen LogP contribution in [0, 0.1) is 6.92 Å². The van der Waals surface area contributed by atoms with Crippen molar-refractivity contribution in [1.29, 1.82) is 0 Å². The maximum absolute atomic E-state index is 11.5. The molecule has 1 heterocycles. The smallest absolute Gasteiger partial charge is 0.257 e. The van der Waals surface area contributed by atoms with Crippen LogP contribution >= 0.6 is 11.5 Å². The van der Waals surface area contributed by atoms with E-state index < -0.39 is 10.0 Å². The van der Waals surface area contributed by atoms with E-state index in [1.807, 2.05) is 0 Å². The lowest BCUT2D eigenvalue weighted by Gasteiger charge is -2.08. The summed E-state index contributed by atoms with van der Waals surface area (Å²) in [4.78, 5) is 0. The molecule has 0 spiro atoms. The SMILES string of the molecule is Cc1nsc(S(=O)(=O)N(C)C)c1O. The third kappa shape index (κ3) is 1.67. The largest absolute Gasteiger partial charge is 0.504 e. The zero-order valence-electron chi connectivity index (χ0n) is 7.47. The van der Waals surface area contributed by atoms with Gasteiger partial charge in [-0.25, -0.2) is 12.7 Å². The van der Waals surface area contributed by atoms with Gasteiger partial charge in [-0.15, -0.1) is 0 Å². The highest BCUT2D eigenvalue weighted by Gasteiger charge is 2.25. The number of nitrogens with zero attached hydrogens (tertiary/aromatic N) is 2. The van der Waals surface area contributed by atoms with Crippen LogP contribution in [0.4, 0.5) is 0 Å². The normalized spacial score (nSPS) is 12.3. The molecule has 0 bridgehead atoms. The van der Waals surface area contributed by atoms with Gasteiger partial charge in [-0.3, -0.25) is 0 Å². The van der Waals surface area contributed by atoms with Crippen molar-refractivity contribution in [2.24, 2.45) is 0 Å². The van der Waals surface area contributed by atoms with E-state index in [4.69, 9.17) is 0 Å². The molecule has 0 aliphatic heterocycles. The van der Waals surface area contributed by atoms with E-state index in [-0.39, 0.29) is 9.96 Å². The molecule has 0 saturated heterocycles. The Bertz CT molecular complexity index is 408. The third-order valence-electron chi connectivity index (χ3n) is 1.52. The van der Waals surface area contributed by atoms with Gasteiger partial charge in [0.15, 0.2) is 9.96 Å². The van der Waals surface area contributed by atoms with Crippen LogP contribution in [0.25, 0.3) is 0 Å². The standard InChI is InChI=1S/C6H10N2O3S2/c1-4-5(9)6(12-7-4)13(10,11)8(2)3/h9H,1-3H3. The van der Waals surface area contributed by atoms with E-state index in [0.717, 1.165) is 15.8 Å². The van der Waals surface area contributed by atoms with Crippen molar-refractivity contribution < 1.29 is 13.5 Å². The molecule has 0 aliphatic carbocycles. The van der Waals surface area contributed by atoms with Gasteiger partial charge in [0.1, 0.15) is 0 Å². The van der Waals surface area contributed by atoms with Crippen LogP contribution in [0.3, 0.4) is 0 Å². The number of aromatic hydroxyl groups is 1. The van der Waals surface area contributed by atoms with Gasteiger partial charge in [0, 0.05) is 14.1 Å². The Labute approximate surface area is 80.8 Å². The number of aryl methyl sites for hydroxylation is 1. The van der Waals surface area contributed by atoms with E-state index in [2.05, 4.69) is 4.37 Å². The first-order valence-electron chi connectivity index (χ1n) is 3.45. The minimum absolute atomic E-state index is 0.102. The molecule has 0 atom stereocenters. The highest BCUT2D eigenvalue weighted by Crippen LogP contribution is 2.31. The van der Waals surface area contributed by atoms with E-state index in [1.165, 1.54) is 14.1 Å². The molecule has 1 aromatic rings. The molecule has 7 heteroatoms. The summed E-state index contributed by atoms with van der Waals surface area (Å²) in [5, 5.41) is 9.36. The van der Waals surface area contributed by atoms with Crippen molar-refractivity contribution in [1.82, 2.24) is 8.68 Å². The van der Waals surface area contributed by atoms with Crippen LogP contribution < -0.4 is 0 Å². The first-order valence-corrected chi connectivity index (χ1v) is 5.66. The zero-order chi connectivity index (χ0) is 10.2. The van der Waals surface area contributed by atoms with Crippen molar-refractivity contribution in [2.75, 3.05) is 14.1 Å². The van der Waals surface area contributed by atoms with Crippen LogP contribution in [-0.2, 0) is 10.0 Å². The molecule has 1 N–H and O–H groups in total. The van der Waals surface area contributed by atoms with Crippen molar-refractivity contribution in [3.05, 3.63) is 5.69 Å². The Morgan fingerprint density at radius 3 is 2.31 bits per heavy atom. The number of hydrogen-bond donors (Lipinski definition) is 1. The minimum Gasteiger partial charge on any atom is -0.504 e. The molecule has 0 aromatic carbocycles. The molecule has 0 amide bonds. The van der Waals surface area contributed by atoms with Gasteiger partial charge in [-0.1, -0.05) is 0 Å².